The van der Waals surface area contributed by atoms with Crippen molar-refractivity contribution in [2.45, 2.75) is 6.42 Å². The summed E-state index contributed by atoms with van der Waals surface area (Å²) in [6.07, 6.45) is 0.756. The second-order valence-corrected chi connectivity index (χ2v) is 4.67. The smallest absolute Gasteiger partial charge is 0.118 e. The third-order valence-corrected chi connectivity index (χ3v) is 3.32. The fourth-order valence-corrected chi connectivity index (χ4v) is 2.11. The van der Waals surface area contributed by atoms with Gasteiger partial charge < -0.3 is 9.47 Å². The highest BCUT2D eigenvalue weighted by Crippen LogP contribution is 2.16. The first kappa shape index (κ1) is 13.6. The quantitative estimate of drug-likeness (QED) is 0.611. The minimum absolute atomic E-state index is 0.756. The summed E-state index contributed by atoms with van der Waals surface area (Å²) < 4.78 is 10.3. The Balaban J connectivity index is 2.06. The molecule has 0 saturated carbocycles. The number of thiocarbonyl (C=S) groups is 1. The van der Waals surface area contributed by atoms with E-state index in [1.807, 2.05) is 48.5 Å². The van der Waals surface area contributed by atoms with Crippen LogP contribution in [-0.4, -0.2) is 19.1 Å². The highest BCUT2D eigenvalue weighted by atomic mass is 32.1. The Kier molecular flexibility index (Phi) is 4.53. The number of ether oxygens (including phenoxy) is 2. The van der Waals surface area contributed by atoms with Crippen LogP contribution in [0.5, 0.6) is 11.5 Å². The first-order valence-corrected chi connectivity index (χ1v) is 6.44. The lowest BCUT2D eigenvalue weighted by molar-refractivity contribution is 0.414. The maximum atomic E-state index is 5.47. The lowest BCUT2D eigenvalue weighted by Crippen LogP contribution is -2.02. The molecule has 0 saturated heterocycles. The fourth-order valence-electron chi connectivity index (χ4n) is 1.81. The Morgan fingerprint density at radius 2 is 1.32 bits per heavy atom. The number of benzene rings is 2. The number of methoxy groups -OCH3 is 2. The van der Waals surface area contributed by atoms with Crippen LogP contribution < -0.4 is 9.47 Å². The van der Waals surface area contributed by atoms with E-state index in [0.717, 1.165) is 28.3 Å². The van der Waals surface area contributed by atoms with Crippen molar-refractivity contribution in [2.75, 3.05) is 14.2 Å². The Labute approximate surface area is 119 Å². The topological polar surface area (TPSA) is 18.5 Å². The number of hydrogen-bond donors (Lipinski definition) is 0. The monoisotopic (exact) mass is 272 g/mol. The van der Waals surface area contributed by atoms with E-state index >= 15 is 0 Å². The van der Waals surface area contributed by atoms with Gasteiger partial charge in [0.15, 0.2) is 0 Å². The Morgan fingerprint density at radius 1 is 0.842 bits per heavy atom. The van der Waals surface area contributed by atoms with Gasteiger partial charge in [-0.25, -0.2) is 0 Å². The van der Waals surface area contributed by atoms with Gasteiger partial charge in [-0.05, 0) is 35.4 Å². The van der Waals surface area contributed by atoms with Gasteiger partial charge >= 0.3 is 0 Å². The van der Waals surface area contributed by atoms with E-state index in [2.05, 4.69) is 0 Å². The largest absolute Gasteiger partial charge is 0.497 e. The molecule has 98 valence electrons. The second kappa shape index (κ2) is 6.34. The van der Waals surface area contributed by atoms with Gasteiger partial charge in [0, 0.05) is 11.3 Å². The molecule has 2 rings (SSSR count). The zero-order valence-electron chi connectivity index (χ0n) is 11.1. The van der Waals surface area contributed by atoms with Gasteiger partial charge in [0.1, 0.15) is 11.5 Å². The van der Waals surface area contributed by atoms with Crippen LogP contribution in [-0.2, 0) is 6.42 Å². The molecular formula is C16H16O2S. The lowest BCUT2D eigenvalue weighted by atomic mass is 10.0. The summed E-state index contributed by atoms with van der Waals surface area (Å²) in [5, 5.41) is 0. The summed E-state index contributed by atoms with van der Waals surface area (Å²) in [5.74, 6) is 1.70. The van der Waals surface area contributed by atoms with Gasteiger partial charge in [0.2, 0.25) is 0 Å². The first-order chi connectivity index (χ1) is 9.22. The third-order valence-electron chi connectivity index (χ3n) is 2.94. The molecule has 0 heterocycles. The van der Waals surface area contributed by atoms with E-state index in [4.69, 9.17) is 21.7 Å². The highest BCUT2D eigenvalue weighted by molar-refractivity contribution is 7.80. The van der Waals surface area contributed by atoms with Crippen LogP contribution in [0.2, 0.25) is 0 Å². The summed E-state index contributed by atoms with van der Waals surface area (Å²) in [7, 11) is 3.32. The molecule has 2 nitrogen and oxygen atoms in total. The van der Waals surface area contributed by atoms with Gasteiger partial charge in [-0.1, -0.05) is 36.5 Å². The van der Waals surface area contributed by atoms with E-state index in [1.54, 1.807) is 14.2 Å². The summed E-state index contributed by atoms with van der Waals surface area (Å²) >= 11 is 5.47. The zero-order valence-corrected chi connectivity index (χ0v) is 11.9. The van der Waals surface area contributed by atoms with Crippen LogP contribution in [0.3, 0.4) is 0 Å². The van der Waals surface area contributed by atoms with Crippen molar-refractivity contribution in [3.8, 4) is 11.5 Å². The first-order valence-electron chi connectivity index (χ1n) is 6.03. The van der Waals surface area contributed by atoms with Crippen molar-refractivity contribution >= 4 is 17.1 Å². The van der Waals surface area contributed by atoms with Gasteiger partial charge in [0.25, 0.3) is 0 Å². The maximum absolute atomic E-state index is 5.47. The van der Waals surface area contributed by atoms with Crippen LogP contribution in [0.15, 0.2) is 48.5 Å². The third kappa shape index (κ3) is 3.55. The number of hydrogen-bond acceptors (Lipinski definition) is 3. The minimum atomic E-state index is 0.756. The van der Waals surface area contributed by atoms with Crippen LogP contribution in [0, 0.1) is 0 Å². The standard InChI is InChI=1S/C16H16O2S/c1-17-14-7-3-12(4-8-14)11-16(19)13-5-9-15(18-2)10-6-13/h3-10H,11H2,1-2H3. The van der Waals surface area contributed by atoms with Crippen LogP contribution >= 0.6 is 12.2 Å². The Bertz CT molecular complexity index is 544. The molecule has 0 aliphatic rings. The van der Waals surface area contributed by atoms with Crippen LogP contribution in [0.1, 0.15) is 11.1 Å². The molecule has 0 atom stereocenters. The summed E-state index contributed by atoms with van der Waals surface area (Å²) in [6.45, 7) is 0. The number of rotatable bonds is 5. The van der Waals surface area contributed by atoms with Crippen LogP contribution in [0.4, 0.5) is 0 Å². The van der Waals surface area contributed by atoms with Crippen molar-refractivity contribution in [3.05, 3.63) is 59.7 Å². The molecule has 0 aliphatic carbocycles. The highest BCUT2D eigenvalue weighted by Gasteiger charge is 2.03. The van der Waals surface area contributed by atoms with Crippen molar-refractivity contribution < 1.29 is 9.47 Å². The van der Waals surface area contributed by atoms with Crippen molar-refractivity contribution in [3.63, 3.8) is 0 Å². The minimum Gasteiger partial charge on any atom is -0.497 e. The lowest BCUT2D eigenvalue weighted by Gasteiger charge is -2.06. The van der Waals surface area contributed by atoms with E-state index in [1.165, 1.54) is 5.56 Å². The maximum Gasteiger partial charge on any atom is 0.118 e. The molecular weight excluding hydrogens is 256 g/mol. The van der Waals surface area contributed by atoms with Crippen LogP contribution in [0.25, 0.3) is 0 Å². The molecule has 0 radical (unpaired) electrons. The van der Waals surface area contributed by atoms with Gasteiger partial charge in [-0.15, -0.1) is 0 Å². The van der Waals surface area contributed by atoms with E-state index < -0.39 is 0 Å². The molecule has 0 spiro atoms. The normalized spacial score (nSPS) is 10.0. The SMILES string of the molecule is COc1ccc(CC(=S)c2ccc(OC)cc2)cc1. The summed E-state index contributed by atoms with van der Waals surface area (Å²) in [5.41, 5.74) is 2.24. The van der Waals surface area contributed by atoms with E-state index in [0.29, 0.717) is 0 Å². The molecule has 0 aromatic heterocycles. The van der Waals surface area contributed by atoms with E-state index in [9.17, 15) is 0 Å². The van der Waals surface area contributed by atoms with Gasteiger partial charge in [-0.3, -0.25) is 0 Å². The molecule has 0 amide bonds. The molecule has 0 N–H and O–H groups in total. The molecule has 2 aromatic carbocycles. The Morgan fingerprint density at radius 3 is 1.79 bits per heavy atom. The average molecular weight is 272 g/mol. The van der Waals surface area contributed by atoms with Crippen molar-refractivity contribution in [2.24, 2.45) is 0 Å². The summed E-state index contributed by atoms with van der Waals surface area (Å²) in [4.78, 5) is 0.924. The molecule has 0 fully saturated rings. The average Bonchev–Trinajstić information content (AvgIpc) is 2.48. The second-order valence-electron chi connectivity index (χ2n) is 4.18. The molecule has 2 aromatic rings. The van der Waals surface area contributed by atoms with Crippen molar-refractivity contribution in [1.29, 1.82) is 0 Å². The van der Waals surface area contributed by atoms with Crippen molar-refractivity contribution in [1.82, 2.24) is 0 Å². The molecule has 0 bridgehead atoms. The molecule has 0 unspecified atom stereocenters. The molecule has 19 heavy (non-hydrogen) atoms. The fraction of sp³-hybridized carbons (Fsp3) is 0.188. The zero-order chi connectivity index (χ0) is 13.7. The van der Waals surface area contributed by atoms with E-state index in [-0.39, 0.29) is 0 Å². The summed E-state index contributed by atoms with van der Waals surface area (Å²) in [6, 6.07) is 15.8. The molecule has 0 aliphatic heterocycles. The van der Waals surface area contributed by atoms with Gasteiger partial charge in [0.05, 0.1) is 14.2 Å². The predicted octanol–water partition coefficient (Wildman–Crippen LogP) is 3.66. The predicted molar refractivity (Wildman–Crippen MR) is 81.4 cm³/mol. The molecule has 3 heteroatoms. The van der Waals surface area contributed by atoms with Gasteiger partial charge in [-0.2, -0.15) is 0 Å². The Hall–Kier alpha value is -1.87.